The molecule has 0 unspecified atom stereocenters. The fourth-order valence-corrected chi connectivity index (χ4v) is 3.73. The first-order chi connectivity index (χ1) is 10.8. The predicted molar refractivity (Wildman–Crippen MR) is 119 cm³/mol. The van der Waals surface area contributed by atoms with Crippen molar-refractivity contribution in [2.75, 3.05) is 0 Å². The normalized spacial score (nSPS) is 11.5. The average Bonchev–Trinajstić information content (AvgIpc) is 2.49. The molecule has 0 aliphatic heterocycles. The standard InChI is InChI=1S/C15H12I3NO4.Na.H/c16-9-6-8(20)2-4-11(9)23-12-3-1-7(13(17)14(12)18)5-10(19)15(21)22;;/h1-4,6,10,20H,5,19H2,(H,21,22);;/t10-;;/m0../s1. The Morgan fingerprint density at radius 1 is 1.12 bits per heavy atom. The second-order valence-corrected chi connectivity index (χ2v) is 8.04. The maximum atomic E-state index is 10.9. The number of aliphatic carboxylic acids is 1. The molecule has 124 valence electrons. The van der Waals surface area contributed by atoms with Crippen LogP contribution in [0.5, 0.6) is 17.2 Å². The second kappa shape index (κ2) is 10.1. The van der Waals surface area contributed by atoms with Gasteiger partial charge in [-0.25, -0.2) is 0 Å². The number of phenols is 1. The third-order valence-corrected chi connectivity index (χ3v) is 7.20. The van der Waals surface area contributed by atoms with Crippen LogP contribution in [0.25, 0.3) is 0 Å². The molecular formula is C15H13I3NNaO4. The number of carboxylic acids is 1. The number of rotatable bonds is 5. The Kier molecular flexibility index (Phi) is 9.57. The number of phenolic OH excluding ortho intramolecular Hbond substituents is 1. The number of hydrogen-bond acceptors (Lipinski definition) is 4. The first-order valence-corrected chi connectivity index (χ1v) is 9.65. The van der Waals surface area contributed by atoms with Gasteiger partial charge in [0, 0.05) is 3.57 Å². The number of ether oxygens (including phenoxy) is 1. The Morgan fingerprint density at radius 3 is 2.33 bits per heavy atom. The summed E-state index contributed by atoms with van der Waals surface area (Å²) < 4.78 is 8.51. The molecule has 0 fully saturated rings. The van der Waals surface area contributed by atoms with Crippen molar-refractivity contribution in [3.63, 3.8) is 0 Å². The molecule has 0 aliphatic carbocycles. The molecule has 24 heavy (non-hydrogen) atoms. The van der Waals surface area contributed by atoms with Gasteiger partial charge in [-0.15, -0.1) is 0 Å². The topological polar surface area (TPSA) is 92.8 Å². The van der Waals surface area contributed by atoms with Crippen LogP contribution in [0.3, 0.4) is 0 Å². The number of nitrogens with two attached hydrogens (primary N) is 1. The number of benzene rings is 2. The van der Waals surface area contributed by atoms with Crippen LogP contribution >= 0.6 is 67.8 Å². The van der Waals surface area contributed by atoms with Crippen molar-refractivity contribution in [2.24, 2.45) is 5.73 Å². The quantitative estimate of drug-likeness (QED) is 0.335. The van der Waals surface area contributed by atoms with Crippen LogP contribution in [0, 0.1) is 10.7 Å². The van der Waals surface area contributed by atoms with E-state index in [4.69, 9.17) is 15.6 Å². The van der Waals surface area contributed by atoms with Gasteiger partial charge in [0.2, 0.25) is 0 Å². The molecule has 0 aliphatic rings. The molecule has 0 radical (unpaired) electrons. The molecule has 0 aromatic heterocycles. The van der Waals surface area contributed by atoms with E-state index in [1.54, 1.807) is 24.3 Å². The van der Waals surface area contributed by atoms with Crippen LogP contribution in [-0.2, 0) is 11.2 Å². The molecule has 2 aromatic carbocycles. The molecule has 1 atom stereocenters. The van der Waals surface area contributed by atoms with Crippen LogP contribution < -0.4 is 10.5 Å². The fourth-order valence-electron chi connectivity index (χ4n) is 1.82. The van der Waals surface area contributed by atoms with Gasteiger partial charge in [-0.1, -0.05) is 6.07 Å². The third-order valence-electron chi connectivity index (χ3n) is 3.02. The Morgan fingerprint density at radius 2 is 1.75 bits per heavy atom. The van der Waals surface area contributed by atoms with E-state index in [2.05, 4.69) is 67.8 Å². The summed E-state index contributed by atoms with van der Waals surface area (Å²) in [6.45, 7) is 0. The van der Waals surface area contributed by atoms with E-state index in [1.165, 1.54) is 0 Å². The van der Waals surface area contributed by atoms with Crippen molar-refractivity contribution in [3.05, 3.63) is 46.6 Å². The molecule has 0 heterocycles. The predicted octanol–water partition coefficient (Wildman–Crippen LogP) is 3.30. The van der Waals surface area contributed by atoms with Crippen LogP contribution in [0.15, 0.2) is 30.3 Å². The van der Waals surface area contributed by atoms with Crippen molar-refractivity contribution in [3.8, 4) is 17.2 Å². The number of carboxylic acid groups (broad SMARTS) is 1. The van der Waals surface area contributed by atoms with E-state index in [-0.39, 0.29) is 41.7 Å². The molecule has 4 N–H and O–H groups in total. The molecule has 5 nitrogen and oxygen atoms in total. The Bertz CT molecular complexity index is 758. The summed E-state index contributed by atoms with van der Waals surface area (Å²) in [5.41, 5.74) is 6.47. The Labute approximate surface area is 202 Å². The summed E-state index contributed by atoms with van der Waals surface area (Å²) in [4.78, 5) is 10.9. The molecule has 9 heteroatoms. The molecule has 0 amide bonds. The number of aromatic hydroxyl groups is 1. The van der Waals surface area contributed by atoms with E-state index >= 15 is 0 Å². The van der Waals surface area contributed by atoms with Crippen molar-refractivity contribution < 1.29 is 19.7 Å². The molecule has 0 bridgehead atoms. The summed E-state index contributed by atoms with van der Waals surface area (Å²) in [7, 11) is 0. The van der Waals surface area contributed by atoms with Crippen LogP contribution in [-0.4, -0.2) is 51.8 Å². The van der Waals surface area contributed by atoms with Crippen LogP contribution in [0.1, 0.15) is 5.56 Å². The average molecular weight is 675 g/mol. The minimum atomic E-state index is -1.02. The van der Waals surface area contributed by atoms with Gasteiger partial charge >= 0.3 is 35.5 Å². The molecule has 0 saturated carbocycles. The van der Waals surface area contributed by atoms with Gasteiger partial charge in [0.1, 0.15) is 23.3 Å². The second-order valence-electron chi connectivity index (χ2n) is 4.72. The van der Waals surface area contributed by atoms with Gasteiger partial charge in [-0.3, -0.25) is 4.79 Å². The Balaban J connectivity index is 0.00000288. The van der Waals surface area contributed by atoms with Gasteiger partial charge in [-0.2, -0.15) is 0 Å². The minimum absolute atomic E-state index is 0. The van der Waals surface area contributed by atoms with Crippen molar-refractivity contribution in [1.29, 1.82) is 0 Å². The summed E-state index contributed by atoms with van der Waals surface area (Å²) in [6.07, 6.45) is 0.265. The van der Waals surface area contributed by atoms with Crippen molar-refractivity contribution in [1.82, 2.24) is 0 Å². The summed E-state index contributed by atoms with van der Waals surface area (Å²) >= 11 is 6.43. The van der Waals surface area contributed by atoms with E-state index in [0.717, 1.165) is 16.3 Å². The summed E-state index contributed by atoms with van der Waals surface area (Å²) in [6, 6.07) is 7.59. The molecule has 2 rings (SSSR count). The van der Waals surface area contributed by atoms with Gasteiger partial charge < -0.3 is 20.7 Å². The summed E-state index contributed by atoms with van der Waals surface area (Å²) in [5, 5.41) is 18.4. The van der Waals surface area contributed by atoms with Crippen molar-refractivity contribution in [2.45, 2.75) is 12.5 Å². The zero-order valence-corrected chi connectivity index (χ0v) is 18.1. The molecular weight excluding hydrogens is 662 g/mol. The molecule has 2 aromatic rings. The zero-order chi connectivity index (χ0) is 17.1. The van der Waals surface area contributed by atoms with Crippen LogP contribution in [0.4, 0.5) is 0 Å². The fraction of sp³-hybridized carbons (Fsp3) is 0.133. The monoisotopic (exact) mass is 675 g/mol. The first kappa shape index (κ1) is 22.7. The van der Waals surface area contributed by atoms with Gasteiger partial charge in [0.15, 0.2) is 0 Å². The first-order valence-electron chi connectivity index (χ1n) is 6.41. The van der Waals surface area contributed by atoms with Crippen molar-refractivity contribution >= 4 is 103 Å². The van der Waals surface area contributed by atoms with Gasteiger partial charge in [0.25, 0.3) is 0 Å². The van der Waals surface area contributed by atoms with Crippen LogP contribution in [0.2, 0.25) is 0 Å². The summed E-state index contributed by atoms with van der Waals surface area (Å²) in [5.74, 6) is 0.483. The number of hydrogen-bond donors (Lipinski definition) is 3. The third kappa shape index (κ3) is 5.84. The van der Waals surface area contributed by atoms with Gasteiger partial charge in [0.05, 0.1) is 7.14 Å². The van der Waals surface area contributed by atoms with E-state index in [0.29, 0.717) is 11.5 Å². The molecule has 0 spiro atoms. The Hall–Kier alpha value is 0.660. The zero-order valence-electron chi connectivity index (χ0n) is 11.6. The van der Waals surface area contributed by atoms with E-state index < -0.39 is 12.0 Å². The van der Waals surface area contributed by atoms with E-state index in [1.807, 2.05) is 6.07 Å². The number of halogens is 3. The maximum absolute atomic E-state index is 10.9. The number of carbonyl (C=O) groups is 1. The SMILES string of the molecule is N[C@@H](Cc1ccc(Oc2ccc(O)cc2I)c(I)c1I)C(=O)O.[NaH]. The van der Waals surface area contributed by atoms with E-state index in [9.17, 15) is 9.90 Å². The molecule has 0 saturated heterocycles. The van der Waals surface area contributed by atoms with Gasteiger partial charge in [-0.05, 0) is 104 Å².